The molecule has 37 heavy (non-hydrogen) atoms. The van der Waals surface area contributed by atoms with E-state index in [1.54, 1.807) is 0 Å². The standard InChI is InChI=1S/C28H28FN3O4S/c1-19(21-7-8-21)18-30-37(35,36)25-15-13-24(14-16-25)31-28(34)26(17-20-5-3-2-4-6-20)32-27(33)22-9-11-23(29)12-10-22/h2-6,9-16,18-19,21,26H,7-8,17H2,1H3,(H,31,34)(H,32,33)/t19?,26-/m0/s1. The second-order valence-electron chi connectivity index (χ2n) is 9.16. The van der Waals surface area contributed by atoms with Crippen molar-refractivity contribution < 1.29 is 22.4 Å². The van der Waals surface area contributed by atoms with Crippen molar-refractivity contribution in [3.05, 3.63) is 95.8 Å². The Labute approximate surface area is 215 Å². The number of hydrogen-bond acceptors (Lipinski definition) is 4. The number of anilines is 1. The molecule has 0 radical (unpaired) electrons. The van der Waals surface area contributed by atoms with E-state index in [9.17, 15) is 22.4 Å². The highest BCUT2D eigenvalue weighted by atomic mass is 32.2. The van der Waals surface area contributed by atoms with Crippen molar-refractivity contribution in [3.63, 3.8) is 0 Å². The predicted molar refractivity (Wildman–Crippen MR) is 140 cm³/mol. The average molecular weight is 522 g/mol. The molecule has 0 bridgehead atoms. The number of halogens is 1. The molecule has 0 aromatic heterocycles. The van der Waals surface area contributed by atoms with Crippen molar-refractivity contribution in [3.8, 4) is 0 Å². The van der Waals surface area contributed by atoms with Crippen LogP contribution in [0.5, 0.6) is 0 Å². The van der Waals surface area contributed by atoms with E-state index in [0.29, 0.717) is 11.6 Å². The molecule has 2 amide bonds. The van der Waals surface area contributed by atoms with E-state index in [1.807, 2.05) is 37.3 Å². The molecular formula is C28H28FN3O4S. The lowest BCUT2D eigenvalue weighted by Crippen LogP contribution is -2.45. The highest BCUT2D eigenvalue weighted by molar-refractivity contribution is 7.90. The summed E-state index contributed by atoms with van der Waals surface area (Å²) in [5.41, 5.74) is 1.42. The lowest BCUT2D eigenvalue weighted by molar-refractivity contribution is -0.118. The van der Waals surface area contributed by atoms with Crippen molar-refractivity contribution in [2.45, 2.75) is 37.1 Å². The van der Waals surface area contributed by atoms with Crippen molar-refractivity contribution in [2.24, 2.45) is 16.2 Å². The van der Waals surface area contributed by atoms with E-state index in [1.165, 1.54) is 54.7 Å². The molecule has 0 heterocycles. The summed E-state index contributed by atoms with van der Waals surface area (Å²) in [5, 5.41) is 5.44. The van der Waals surface area contributed by atoms with Gasteiger partial charge in [0.25, 0.3) is 15.9 Å². The van der Waals surface area contributed by atoms with E-state index in [2.05, 4.69) is 15.0 Å². The van der Waals surface area contributed by atoms with Gasteiger partial charge < -0.3 is 10.6 Å². The smallest absolute Gasteiger partial charge is 0.281 e. The van der Waals surface area contributed by atoms with Gasteiger partial charge in [-0.15, -0.1) is 0 Å². The van der Waals surface area contributed by atoms with Crippen molar-refractivity contribution >= 4 is 33.7 Å². The number of benzene rings is 3. The Morgan fingerprint density at radius 3 is 2.27 bits per heavy atom. The molecule has 0 aliphatic heterocycles. The first kappa shape index (κ1) is 26.2. The number of hydrogen-bond donors (Lipinski definition) is 2. The lowest BCUT2D eigenvalue weighted by Gasteiger charge is -2.19. The molecular weight excluding hydrogens is 493 g/mol. The zero-order valence-electron chi connectivity index (χ0n) is 20.3. The van der Waals surface area contributed by atoms with Crippen molar-refractivity contribution in [1.29, 1.82) is 0 Å². The number of nitrogens with one attached hydrogen (secondary N) is 2. The van der Waals surface area contributed by atoms with Crippen LogP contribution in [0.25, 0.3) is 0 Å². The predicted octanol–water partition coefficient (Wildman–Crippen LogP) is 4.61. The van der Waals surface area contributed by atoms with Crippen LogP contribution in [0, 0.1) is 17.7 Å². The number of carbonyl (C=O) groups excluding carboxylic acids is 2. The van der Waals surface area contributed by atoms with Gasteiger partial charge in [-0.25, -0.2) is 4.39 Å². The van der Waals surface area contributed by atoms with E-state index < -0.39 is 33.7 Å². The fourth-order valence-corrected chi connectivity index (χ4v) is 4.78. The molecule has 0 saturated heterocycles. The molecule has 1 aliphatic carbocycles. The van der Waals surface area contributed by atoms with Gasteiger partial charge in [0.05, 0.1) is 4.90 Å². The molecule has 0 spiro atoms. The zero-order chi connectivity index (χ0) is 26.4. The summed E-state index contributed by atoms with van der Waals surface area (Å²) in [7, 11) is -3.84. The van der Waals surface area contributed by atoms with Gasteiger partial charge >= 0.3 is 0 Å². The van der Waals surface area contributed by atoms with Gasteiger partial charge in [0.15, 0.2) is 0 Å². The minimum Gasteiger partial charge on any atom is -0.340 e. The number of sulfonamides is 1. The van der Waals surface area contributed by atoms with E-state index in [0.717, 1.165) is 18.4 Å². The van der Waals surface area contributed by atoms with Gasteiger partial charge in [-0.2, -0.15) is 12.8 Å². The lowest BCUT2D eigenvalue weighted by atomic mass is 10.0. The summed E-state index contributed by atoms with van der Waals surface area (Å²) in [6.07, 6.45) is 3.90. The van der Waals surface area contributed by atoms with Gasteiger partial charge in [-0.3, -0.25) is 9.59 Å². The Morgan fingerprint density at radius 1 is 1.00 bits per heavy atom. The van der Waals surface area contributed by atoms with Gasteiger partial charge in [0.1, 0.15) is 11.9 Å². The Hall–Kier alpha value is -3.85. The monoisotopic (exact) mass is 521 g/mol. The maximum atomic E-state index is 13.2. The first-order chi connectivity index (χ1) is 17.7. The van der Waals surface area contributed by atoms with Crippen LogP contribution in [-0.4, -0.2) is 32.5 Å². The fraction of sp³-hybridized carbons (Fsp3) is 0.250. The van der Waals surface area contributed by atoms with Crippen LogP contribution in [-0.2, 0) is 21.2 Å². The topological polar surface area (TPSA) is 105 Å². The quantitative estimate of drug-likeness (QED) is 0.380. The fourth-order valence-electron chi connectivity index (χ4n) is 3.82. The molecule has 1 fully saturated rings. The normalized spacial score (nSPS) is 15.2. The van der Waals surface area contributed by atoms with Crippen LogP contribution < -0.4 is 10.6 Å². The minimum absolute atomic E-state index is 0.0233. The minimum atomic E-state index is -3.84. The molecule has 3 aromatic carbocycles. The molecule has 1 aliphatic rings. The number of rotatable bonds is 10. The molecule has 2 atom stereocenters. The summed E-state index contributed by atoms with van der Waals surface area (Å²) in [4.78, 5) is 25.9. The second kappa shape index (κ2) is 11.5. The first-order valence-electron chi connectivity index (χ1n) is 12.0. The van der Waals surface area contributed by atoms with Crippen LogP contribution in [0.1, 0.15) is 35.7 Å². The second-order valence-corrected chi connectivity index (χ2v) is 10.8. The van der Waals surface area contributed by atoms with Crippen LogP contribution in [0.15, 0.2) is 88.2 Å². The molecule has 192 valence electrons. The summed E-state index contributed by atoms with van der Waals surface area (Å²) in [6.45, 7) is 1.95. The van der Waals surface area contributed by atoms with Crippen molar-refractivity contribution in [2.75, 3.05) is 5.32 Å². The Morgan fingerprint density at radius 2 is 1.65 bits per heavy atom. The van der Waals surface area contributed by atoms with Gasteiger partial charge in [-0.1, -0.05) is 37.3 Å². The first-order valence-corrected chi connectivity index (χ1v) is 13.5. The molecule has 1 saturated carbocycles. The Bertz CT molecular complexity index is 1370. The van der Waals surface area contributed by atoms with E-state index in [-0.39, 0.29) is 22.8 Å². The number of amides is 2. The van der Waals surface area contributed by atoms with Crippen LogP contribution in [0.4, 0.5) is 10.1 Å². The van der Waals surface area contributed by atoms with Gasteiger partial charge in [0, 0.05) is 23.9 Å². The number of carbonyl (C=O) groups is 2. The largest absolute Gasteiger partial charge is 0.340 e. The summed E-state index contributed by atoms with van der Waals surface area (Å²) in [5.74, 6) is -0.852. The van der Waals surface area contributed by atoms with Crippen molar-refractivity contribution in [1.82, 2.24) is 5.32 Å². The third kappa shape index (κ3) is 7.33. The average Bonchev–Trinajstić information content (AvgIpc) is 3.74. The van der Waals surface area contributed by atoms with Crippen LogP contribution in [0.2, 0.25) is 0 Å². The molecule has 2 N–H and O–H groups in total. The maximum Gasteiger partial charge on any atom is 0.281 e. The van der Waals surface area contributed by atoms with E-state index in [4.69, 9.17) is 0 Å². The Balaban J connectivity index is 1.46. The van der Waals surface area contributed by atoms with Gasteiger partial charge in [-0.05, 0) is 78.8 Å². The highest BCUT2D eigenvalue weighted by Crippen LogP contribution is 2.35. The molecule has 9 heteroatoms. The summed E-state index contributed by atoms with van der Waals surface area (Å²) in [6, 6.07) is 19.0. The summed E-state index contributed by atoms with van der Waals surface area (Å²) >= 11 is 0. The maximum absolute atomic E-state index is 13.2. The van der Waals surface area contributed by atoms with Gasteiger partial charge in [0.2, 0.25) is 5.91 Å². The third-order valence-corrected chi connectivity index (χ3v) is 7.50. The molecule has 1 unspecified atom stereocenters. The number of nitrogens with zero attached hydrogens (tertiary/aromatic N) is 1. The Kier molecular flexibility index (Phi) is 8.13. The molecule has 4 rings (SSSR count). The molecule has 3 aromatic rings. The zero-order valence-corrected chi connectivity index (χ0v) is 21.1. The van der Waals surface area contributed by atoms with E-state index >= 15 is 0 Å². The van der Waals surface area contributed by atoms with Crippen LogP contribution in [0.3, 0.4) is 0 Å². The molecule has 7 nitrogen and oxygen atoms in total. The third-order valence-electron chi connectivity index (χ3n) is 6.23. The highest BCUT2D eigenvalue weighted by Gasteiger charge is 2.27. The van der Waals surface area contributed by atoms with Crippen LogP contribution >= 0.6 is 0 Å². The SMILES string of the molecule is CC(C=NS(=O)(=O)c1ccc(NC(=O)[C@H](Cc2ccccc2)NC(=O)c2ccc(F)cc2)cc1)C1CC1. The summed E-state index contributed by atoms with van der Waals surface area (Å²) < 4.78 is 42.1.